The van der Waals surface area contributed by atoms with E-state index in [0.29, 0.717) is 0 Å². The van der Waals surface area contributed by atoms with Gasteiger partial charge in [0.25, 0.3) is 0 Å². The van der Waals surface area contributed by atoms with Crippen LogP contribution in [0.2, 0.25) is 0 Å². The van der Waals surface area contributed by atoms with Gasteiger partial charge in [-0.2, -0.15) is 5.10 Å². The van der Waals surface area contributed by atoms with Gasteiger partial charge in [0, 0.05) is 19.3 Å². The minimum Gasteiger partial charge on any atom is -0.385 e. The molecule has 0 radical (unpaired) electrons. The summed E-state index contributed by atoms with van der Waals surface area (Å²) in [5, 5.41) is 17.3. The highest BCUT2D eigenvalue weighted by Crippen LogP contribution is 2.21. The first-order chi connectivity index (χ1) is 6.29. The second kappa shape index (κ2) is 3.47. The van der Waals surface area contributed by atoms with Gasteiger partial charge in [0.05, 0.1) is 5.69 Å². The lowest BCUT2D eigenvalue weighted by atomic mass is 10.1. The molecule has 2 atom stereocenters. The fourth-order valence-electron chi connectivity index (χ4n) is 1.86. The lowest BCUT2D eigenvalue weighted by Gasteiger charge is -2.18. The first-order valence-corrected chi connectivity index (χ1v) is 4.68. The molecule has 4 nitrogen and oxygen atoms in total. The molecule has 1 aliphatic heterocycles. The van der Waals surface area contributed by atoms with Crippen LogP contribution in [0.3, 0.4) is 0 Å². The Morgan fingerprint density at radius 3 is 3.15 bits per heavy atom. The van der Waals surface area contributed by atoms with Crippen molar-refractivity contribution in [1.29, 1.82) is 0 Å². The molecule has 0 bridgehead atoms. The Hall–Kier alpha value is -0.870. The fourth-order valence-corrected chi connectivity index (χ4v) is 1.86. The van der Waals surface area contributed by atoms with Crippen LogP contribution < -0.4 is 5.32 Å². The number of nitrogens with one attached hydrogen (secondary N) is 1. The molecule has 2 N–H and O–H groups in total. The number of aromatic nitrogens is 2. The average Bonchev–Trinajstić information content (AvgIpc) is 2.72. The van der Waals surface area contributed by atoms with Gasteiger partial charge in [-0.1, -0.05) is 0 Å². The third-order valence-electron chi connectivity index (χ3n) is 2.64. The van der Waals surface area contributed by atoms with Crippen molar-refractivity contribution >= 4 is 0 Å². The minimum atomic E-state index is -0.421. The molecule has 0 aromatic carbocycles. The van der Waals surface area contributed by atoms with Gasteiger partial charge in [0.15, 0.2) is 0 Å². The third-order valence-corrected chi connectivity index (χ3v) is 2.64. The monoisotopic (exact) mass is 181 g/mol. The molecule has 72 valence electrons. The van der Waals surface area contributed by atoms with Crippen molar-refractivity contribution in [2.45, 2.75) is 25.0 Å². The van der Waals surface area contributed by atoms with Gasteiger partial charge < -0.3 is 10.4 Å². The topological polar surface area (TPSA) is 50.1 Å². The maximum Gasteiger partial charge on any atom is 0.111 e. The highest BCUT2D eigenvalue weighted by molar-refractivity contribution is 5.07. The Kier molecular flexibility index (Phi) is 2.33. The SMILES string of the molecule is Cn1nccc1C(O)[C@H]1CCCN1. The summed E-state index contributed by atoms with van der Waals surface area (Å²) in [5.41, 5.74) is 0.888. The second-order valence-electron chi connectivity index (χ2n) is 3.53. The van der Waals surface area contributed by atoms with Gasteiger partial charge in [-0.05, 0) is 25.5 Å². The number of aliphatic hydroxyl groups is 1. The van der Waals surface area contributed by atoms with Crippen LogP contribution in [0, 0.1) is 0 Å². The van der Waals surface area contributed by atoms with Gasteiger partial charge in [-0.3, -0.25) is 4.68 Å². The van der Waals surface area contributed by atoms with Crippen LogP contribution in [0.15, 0.2) is 12.3 Å². The number of rotatable bonds is 2. The Balaban J connectivity index is 2.12. The minimum absolute atomic E-state index is 0.204. The molecule has 1 saturated heterocycles. The molecule has 0 aliphatic carbocycles. The third kappa shape index (κ3) is 1.59. The largest absolute Gasteiger partial charge is 0.385 e. The zero-order valence-corrected chi connectivity index (χ0v) is 7.77. The summed E-state index contributed by atoms with van der Waals surface area (Å²) in [6, 6.07) is 2.07. The zero-order valence-electron chi connectivity index (χ0n) is 7.77. The van der Waals surface area contributed by atoms with Gasteiger partial charge >= 0.3 is 0 Å². The second-order valence-corrected chi connectivity index (χ2v) is 3.53. The molecule has 1 fully saturated rings. The van der Waals surface area contributed by atoms with Crippen molar-refractivity contribution in [3.8, 4) is 0 Å². The van der Waals surface area contributed by atoms with E-state index in [0.717, 1.165) is 25.1 Å². The number of aliphatic hydroxyl groups excluding tert-OH is 1. The van der Waals surface area contributed by atoms with Crippen molar-refractivity contribution in [2.24, 2.45) is 7.05 Å². The van der Waals surface area contributed by atoms with E-state index >= 15 is 0 Å². The number of hydrogen-bond donors (Lipinski definition) is 2. The van der Waals surface area contributed by atoms with Gasteiger partial charge in [-0.25, -0.2) is 0 Å². The van der Waals surface area contributed by atoms with Gasteiger partial charge in [0.2, 0.25) is 0 Å². The summed E-state index contributed by atoms with van der Waals surface area (Å²) in [5.74, 6) is 0. The highest BCUT2D eigenvalue weighted by Gasteiger charge is 2.25. The summed E-state index contributed by atoms with van der Waals surface area (Å²) in [7, 11) is 1.85. The number of nitrogens with zero attached hydrogens (tertiary/aromatic N) is 2. The smallest absolute Gasteiger partial charge is 0.111 e. The van der Waals surface area contributed by atoms with E-state index in [1.807, 2.05) is 13.1 Å². The van der Waals surface area contributed by atoms with Gasteiger partial charge in [0.1, 0.15) is 6.10 Å². The van der Waals surface area contributed by atoms with Gasteiger partial charge in [-0.15, -0.1) is 0 Å². The fraction of sp³-hybridized carbons (Fsp3) is 0.667. The molecule has 4 heteroatoms. The summed E-state index contributed by atoms with van der Waals surface area (Å²) < 4.78 is 1.73. The molecule has 0 spiro atoms. The number of hydrogen-bond acceptors (Lipinski definition) is 3. The predicted octanol–water partition coefficient (Wildman–Crippen LogP) is 0.205. The Morgan fingerprint density at radius 2 is 2.62 bits per heavy atom. The van der Waals surface area contributed by atoms with E-state index in [-0.39, 0.29) is 6.04 Å². The summed E-state index contributed by atoms with van der Waals surface area (Å²) in [4.78, 5) is 0. The molecule has 0 saturated carbocycles. The quantitative estimate of drug-likeness (QED) is 0.685. The van der Waals surface area contributed by atoms with Crippen molar-refractivity contribution in [2.75, 3.05) is 6.54 Å². The molecule has 2 heterocycles. The number of aryl methyl sites for hydroxylation is 1. The molecule has 1 aromatic heterocycles. The molecular weight excluding hydrogens is 166 g/mol. The van der Waals surface area contributed by atoms with E-state index in [4.69, 9.17) is 0 Å². The van der Waals surface area contributed by atoms with Crippen LogP contribution in [0.25, 0.3) is 0 Å². The first kappa shape index (κ1) is 8.72. The van der Waals surface area contributed by atoms with Crippen molar-refractivity contribution in [3.63, 3.8) is 0 Å². The Labute approximate surface area is 77.6 Å². The molecule has 13 heavy (non-hydrogen) atoms. The van der Waals surface area contributed by atoms with Crippen LogP contribution in [-0.4, -0.2) is 27.5 Å². The van der Waals surface area contributed by atoms with Crippen LogP contribution in [0.1, 0.15) is 24.6 Å². The van der Waals surface area contributed by atoms with E-state index in [1.165, 1.54) is 0 Å². The lowest BCUT2D eigenvalue weighted by molar-refractivity contribution is 0.129. The molecule has 1 aliphatic rings. The zero-order chi connectivity index (χ0) is 9.26. The van der Waals surface area contributed by atoms with Crippen molar-refractivity contribution in [3.05, 3.63) is 18.0 Å². The maximum absolute atomic E-state index is 9.97. The Bertz CT molecular complexity index is 278. The van der Waals surface area contributed by atoms with Crippen molar-refractivity contribution < 1.29 is 5.11 Å². The Morgan fingerprint density at radius 1 is 1.77 bits per heavy atom. The van der Waals surface area contributed by atoms with E-state index in [2.05, 4.69) is 10.4 Å². The van der Waals surface area contributed by atoms with E-state index in [9.17, 15) is 5.11 Å². The standard InChI is InChI=1S/C9H15N3O/c1-12-8(4-6-11-12)9(13)7-3-2-5-10-7/h4,6-7,9-10,13H,2-3,5H2,1H3/t7-,9?/m1/s1. The van der Waals surface area contributed by atoms with E-state index in [1.54, 1.807) is 10.9 Å². The first-order valence-electron chi connectivity index (χ1n) is 4.68. The molecule has 2 rings (SSSR count). The maximum atomic E-state index is 9.97. The van der Waals surface area contributed by atoms with E-state index < -0.39 is 6.10 Å². The molecule has 1 aromatic rings. The van der Waals surface area contributed by atoms with Crippen LogP contribution in [0.4, 0.5) is 0 Å². The molecule has 0 amide bonds. The predicted molar refractivity (Wildman–Crippen MR) is 49.2 cm³/mol. The normalized spacial score (nSPS) is 24.9. The molecular formula is C9H15N3O. The average molecular weight is 181 g/mol. The molecule has 1 unspecified atom stereocenters. The summed E-state index contributed by atoms with van der Waals surface area (Å²) in [6.07, 6.45) is 3.49. The summed E-state index contributed by atoms with van der Waals surface area (Å²) >= 11 is 0. The van der Waals surface area contributed by atoms with Crippen LogP contribution >= 0.6 is 0 Å². The lowest BCUT2D eigenvalue weighted by Crippen LogP contribution is -2.29. The van der Waals surface area contributed by atoms with Crippen LogP contribution in [-0.2, 0) is 7.05 Å². The van der Waals surface area contributed by atoms with Crippen LogP contribution in [0.5, 0.6) is 0 Å². The van der Waals surface area contributed by atoms with Crippen molar-refractivity contribution in [1.82, 2.24) is 15.1 Å². The summed E-state index contributed by atoms with van der Waals surface area (Å²) in [6.45, 7) is 1.01. The highest BCUT2D eigenvalue weighted by atomic mass is 16.3.